The molecule has 100 valence electrons. The first kappa shape index (κ1) is 14.5. The van der Waals surface area contributed by atoms with E-state index in [0.29, 0.717) is 18.6 Å². The molecule has 18 heavy (non-hydrogen) atoms. The third kappa shape index (κ3) is 4.04. The van der Waals surface area contributed by atoms with E-state index in [-0.39, 0.29) is 6.04 Å². The summed E-state index contributed by atoms with van der Waals surface area (Å²) in [4.78, 5) is 11.0. The van der Waals surface area contributed by atoms with E-state index >= 15 is 0 Å². The molecule has 0 aromatic heterocycles. The average Bonchev–Trinajstić information content (AvgIpc) is 2.37. The second-order valence-corrected chi connectivity index (χ2v) is 4.33. The van der Waals surface area contributed by atoms with Crippen molar-refractivity contribution in [1.29, 1.82) is 0 Å². The number of hydrogen-bond donors (Lipinski definition) is 2. The molecule has 0 fully saturated rings. The lowest BCUT2D eigenvalue weighted by atomic mass is 10.0. The molecular weight excluding hydrogens is 230 g/mol. The van der Waals surface area contributed by atoms with Gasteiger partial charge in [-0.1, -0.05) is 32.0 Å². The molecule has 0 aliphatic carbocycles. The van der Waals surface area contributed by atoms with Crippen LogP contribution >= 0.6 is 0 Å². The minimum absolute atomic E-state index is 0.0691. The monoisotopic (exact) mass is 251 g/mol. The number of hydrogen-bond acceptors (Lipinski definition) is 3. The number of carboxylic acids is 1. The van der Waals surface area contributed by atoms with E-state index in [1.165, 1.54) is 0 Å². The molecule has 4 nitrogen and oxygen atoms in total. The topological polar surface area (TPSA) is 72.5 Å². The van der Waals surface area contributed by atoms with Gasteiger partial charge in [0.25, 0.3) is 0 Å². The molecule has 1 aromatic carbocycles. The molecule has 0 aliphatic heterocycles. The van der Waals surface area contributed by atoms with Crippen molar-refractivity contribution in [2.45, 2.75) is 45.3 Å². The number of para-hydroxylation sites is 1. The standard InChI is InChI=1S/C14H21NO3/c1-3-11(15)9-10-7-5-6-8-13(10)18-12(4-2)14(16)17/h5-8,11-12H,3-4,9,15H2,1-2H3,(H,16,17). The summed E-state index contributed by atoms with van der Waals surface area (Å²) >= 11 is 0. The fourth-order valence-electron chi connectivity index (χ4n) is 1.68. The summed E-state index contributed by atoms with van der Waals surface area (Å²) in [6.45, 7) is 3.82. The maximum atomic E-state index is 11.0. The molecule has 0 saturated heterocycles. The highest BCUT2D eigenvalue weighted by Crippen LogP contribution is 2.22. The number of rotatable bonds is 7. The maximum absolute atomic E-state index is 11.0. The van der Waals surface area contributed by atoms with E-state index in [1.54, 1.807) is 13.0 Å². The Balaban J connectivity index is 2.84. The predicted molar refractivity (Wildman–Crippen MR) is 70.8 cm³/mol. The highest BCUT2D eigenvalue weighted by atomic mass is 16.5. The molecule has 0 aliphatic rings. The van der Waals surface area contributed by atoms with Crippen molar-refractivity contribution in [1.82, 2.24) is 0 Å². The third-order valence-electron chi connectivity index (χ3n) is 2.89. The van der Waals surface area contributed by atoms with Crippen LogP contribution < -0.4 is 10.5 Å². The van der Waals surface area contributed by atoms with Crippen molar-refractivity contribution in [2.75, 3.05) is 0 Å². The number of carbonyl (C=O) groups is 1. The first-order chi connectivity index (χ1) is 8.58. The molecule has 1 rings (SSSR count). The summed E-state index contributed by atoms with van der Waals surface area (Å²) in [5.74, 6) is -0.317. The molecule has 0 amide bonds. The lowest BCUT2D eigenvalue weighted by Gasteiger charge is -2.17. The Morgan fingerprint density at radius 1 is 1.33 bits per heavy atom. The minimum atomic E-state index is -0.938. The van der Waals surface area contributed by atoms with Gasteiger partial charge in [0, 0.05) is 6.04 Å². The molecule has 3 N–H and O–H groups in total. The van der Waals surface area contributed by atoms with Crippen LogP contribution in [0.3, 0.4) is 0 Å². The molecule has 0 spiro atoms. The van der Waals surface area contributed by atoms with Gasteiger partial charge < -0.3 is 15.6 Å². The Hall–Kier alpha value is -1.55. The van der Waals surface area contributed by atoms with Gasteiger partial charge in [-0.05, 0) is 30.9 Å². The number of nitrogens with two attached hydrogens (primary N) is 1. The molecule has 0 bridgehead atoms. The second-order valence-electron chi connectivity index (χ2n) is 4.33. The van der Waals surface area contributed by atoms with E-state index in [4.69, 9.17) is 15.6 Å². The van der Waals surface area contributed by atoms with Crippen molar-refractivity contribution >= 4 is 5.97 Å². The van der Waals surface area contributed by atoms with Gasteiger partial charge in [0.15, 0.2) is 6.10 Å². The van der Waals surface area contributed by atoms with Gasteiger partial charge in [0.1, 0.15) is 5.75 Å². The highest BCUT2D eigenvalue weighted by molar-refractivity contribution is 5.72. The number of ether oxygens (including phenoxy) is 1. The van der Waals surface area contributed by atoms with Crippen molar-refractivity contribution in [2.24, 2.45) is 5.73 Å². The fourth-order valence-corrected chi connectivity index (χ4v) is 1.68. The summed E-state index contributed by atoms with van der Waals surface area (Å²) < 4.78 is 5.55. The lowest BCUT2D eigenvalue weighted by Crippen LogP contribution is -2.27. The Bertz CT molecular complexity index is 392. The van der Waals surface area contributed by atoms with Crippen LogP contribution in [0.1, 0.15) is 32.3 Å². The van der Waals surface area contributed by atoms with E-state index in [0.717, 1.165) is 12.0 Å². The van der Waals surface area contributed by atoms with Crippen LogP contribution in [0.25, 0.3) is 0 Å². The van der Waals surface area contributed by atoms with Crippen LogP contribution in [0.2, 0.25) is 0 Å². The molecule has 0 heterocycles. The number of carboxylic acid groups (broad SMARTS) is 1. The van der Waals surface area contributed by atoms with Crippen LogP contribution in [0, 0.1) is 0 Å². The molecule has 0 radical (unpaired) electrons. The van der Waals surface area contributed by atoms with Gasteiger partial charge in [0.05, 0.1) is 0 Å². The average molecular weight is 251 g/mol. The van der Waals surface area contributed by atoms with Gasteiger partial charge in [-0.25, -0.2) is 4.79 Å². The van der Waals surface area contributed by atoms with Crippen LogP contribution in [0.5, 0.6) is 5.75 Å². The van der Waals surface area contributed by atoms with Crippen LogP contribution in [0.4, 0.5) is 0 Å². The van der Waals surface area contributed by atoms with Gasteiger partial charge >= 0.3 is 5.97 Å². The molecule has 1 aromatic rings. The summed E-state index contributed by atoms with van der Waals surface area (Å²) in [5.41, 5.74) is 6.89. The second kappa shape index (κ2) is 7.01. The van der Waals surface area contributed by atoms with Gasteiger partial charge in [-0.3, -0.25) is 0 Å². The Morgan fingerprint density at radius 3 is 2.56 bits per heavy atom. The largest absolute Gasteiger partial charge is 0.479 e. The van der Waals surface area contributed by atoms with Crippen LogP contribution in [-0.2, 0) is 11.2 Å². The highest BCUT2D eigenvalue weighted by Gasteiger charge is 2.18. The smallest absolute Gasteiger partial charge is 0.344 e. The molecule has 4 heteroatoms. The van der Waals surface area contributed by atoms with Crippen molar-refractivity contribution < 1.29 is 14.6 Å². The normalized spacial score (nSPS) is 13.9. The van der Waals surface area contributed by atoms with Crippen molar-refractivity contribution in [3.63, 3.8) is 0 Å². The summed E-state index contributed by atoms with van der Waals surface area (Å²) in [7, 11) is 0. The van der Waals surface area contributed by atoms with Gasteiger partial charge in [-0.2, -0.15) is 0 Å². The van der Waals surface area contributed by atoms with Crippen LogP contribution in [-0.4, -0.2) is 23.2 Å². The quantitative estimate of drug-likeness (QED) is 0.779. The maximum Gasteiger partial charge on any atom is 0.344 e. The molecule has 2 unspecified atom stereocenters. The van der Waals surface area contributed by atoms with Crippen LogP contribution in [0.15, 0.2) is 24.3 Å². The minimum Gasteiger partial charge on any atom is -0.479 e. The zero-order chi connectivity index (χ0) is 13.5. The Kier molecular flexibility index (Phi) is 5.65. The predicted octanol–water partition coefficient (Wildman–Crippen LogP) is 2.21. The Labute approximate surface area is 108 Å². The van der Waals surface area contributed by atoms with Gasteiger partial charge in [0.2, 0.25) is 0 Å². The van der Waals surface area contributed by atoms with Crippen molar-refractivity contribution in [3.05, 3.63) is 29.8 Å². The van der Waals surface area contributed by atoms with E-state index in [9.17, 15) is 4.79 Å². The van der Waals surface area contributed by atoms with Gasteiger partial charge in [-0.15, -0.1) is 0 Å². The third-order valence-corrected chi connectivity index (χ3v) is 2.89. The summed E-state index contributed by atoms with van der Waals surface area (Å²) in [6, 6.07) is 7.54. The fraction of sp³-hybridized carbons (Fsp3) is 0.500. The van der Waals surface area contributed by atoms with E-state index in [1.807, 2.05) is 25.1 Å². The number of benzene rings is 1. The summed E-state index contributed by atoms with van der Waals surface area (Å²) in [6.07, 6.45) is 1.21. The lowest BCUT2D eigenvalue weighted by molar-refractivity contribution is -0.145. The SMILES string of the molecule is CCC(N)Cc1ccccc1OC(CC)C(=O)O. The molecule has 0 saturated carbocycles. The van der Waals surface area contributed by atoms with Crippen molar-refractivity contribution in [3.8, 4) is 5.75 Å². The zero-order valence-electron chi connectivity index (χ0n) is 10.9. The summed E-state index contributed by atoms with van der Waals surface area (Å²) in [5, 5.41) is 9.00. The van der Waals surface area contributed by atoms with E-state index < -0.39 is 12.1 Å². The zero-order valence-corrected chi connectivity index (χ0v) is 10.9. The molecule has 2 atom stereocenters. The van der Waals surface area contributed by atoms with E-state index in [2.05, 4.69) is 0 Å². The molecular formula is C14H21NO3. The number of aliphatic carboxylic acids is 1. The Morgan fingerprint density at radius 2 is 2.00 bits per heavy atom. The first-order valence-corrected chi connectivity index (χ1v) is 6.31. The first-order valence-electron chi connectivity index (χ1n) is 6.31.